The molecule has 1 amide bonds. The van der Waals surface area contributed by atoms with Gasteiger partial charge < -0.3 is 10.1 Å². The molecule has 0 spiro atoms. The van der Waals surface area contributed by atoms with Crippen LogP contribution in [-0.4, -0.2) is 18.7 Å². The molecule has 1 N–H and O–H groups in total. The molecule has 114 valence electrons. The van der Waals surface area contributed by atoms with E-state index in [0.29, 0.717) is 11.4 Å². The van der Waals surface area contributed by atoms with E-state index < -0.39 is 11.7 Å². The molecule has 0 aliphatic heterocycles. The molecule has 0 fully saturated rings. The van der Waals surface area contributed by atoms with Gasteiger partial charge in [-0.2, -0.15) is 10.5 Å². The summed E-state index contributed by atoms with van der Waals surface area (Å²) in [4.78, 5) is 13.4. The minimum Gasteiger partial charge on any atom is -0.443 e. The largest absolute Gasteiger partial charge is 0.443 e. The number of hydrogen-bond acceptors (Lipinski definition) is 5. The maximum Gasteiger partial charge on any atom is 0.414 e. The van der Waals surface area contributed by atoms with E-state index >= 15 is 0 Å². The van der Waals surface area contributed by atoms with E-state index in [4.69, 9.17) is 15.3 Å². The SMILES string of the molecule is CN(C(=O)OC(C)(C)C)c1cccc(NC=C(C#N)C#N)c1. The number of nitrogens with one attached hydrogen (secondary N) is 1. The van der Waals surface area contributed by atoms with E-state index in [1.165, 1.54) is 11.1 Å². The number of carbonyl (C=O) groups is 1. The van der Waals surface area contributed by atoms with Gasteiger partial charge in [0.05, 0.1) is 0 Å². The Balaban J connectivity index is 2.88. The van der Waals surface area contributed by atoms with Crippen LogP contribution in [0, 0.1) is 22.7 Å². The third-order valence-electron chi connectivity index (χ3n) is 2.52. The van der Waals surface area contributed by atoms with Gasteiger partial charge in [0.2, 0.25) is 0 Å². The number of benzene rings is 1. The van der Waals surface area contributed by atoms with Gasteiger partial charge in [-0.1, -0.05) is 6.07 Å². The van der Waals surface area contributed by atoms with Gasteiger partial charge in [0.15, 0.2) is 0 Å². The number of ether oxygens (including phenoxy) is 1. The molecular formula is C16H18N4O2. The first-order valence-corrected chi connectivity index (χ1v) is 6.60. The maximum absolute atomic E-state index is 12.0. The van der Waals surface area contributed by atoms with Crippen LogP contribution in [0.3, 0.4) is 0 Å². The van der Waals surface area contributed by atoms with Gasteiger partial charge in [-0.15, -0.1) is 0 Å². The van der Waals surface area contributed by atoms with E-state index in [2.05, 4.69) is 5.32 Å². The number of amides is 1. The number of nitriles is 2. The molecule has 1 aromatic rings. The Labute approximate surface area is 130 Å². The third-order valence-corrected chi connectivity index (χ3v) is 2.52. The second-order valence-corrected chi connectivity index (χ2v) is 5.52. The Morgan fingerprint density at radius 3 is 2.50 bits per heavy atom. The van der Waals surface area contributed by atoms with Crippen LogP contribution in [0.15, 0.2) is 36.0 Å². The molecule has 0 aromatic heterocycles. The third kappa shape index (κ3) is 5.18. The Hall–Kier alpha value is -2.99. The lowest BCUT2D eigenvalue weighted by atomic mass is 10.2. The van der Waals surface area contributed by atoms with Crippen LogP contribution in [0.25, 0.3) is 0 Å². The van der Waals surface area contributed by atoms with E-state index in [-0.39, 0.29) is 5.57 Å². The lowest BCUT2D eigenvalue weighted by Gasteiger charge is -2.24. The van der Waals surface area contributed by atoms with Crippen LogP contribution < -0.4 is 10.2 Å². The monoisotopic (exact) mass is 298 g/mol. The topological polar surface area (TPSA) is 89.2 Å². The highest BCUT2D eigenvalue weighted by atomic mass is 16.6. The molecule has 0 atom stereocenters. The van der Waals surface area contributed by atoms with Crippen molar-refractivity contribution < 1.29 is 9.53 Å². The van der Waals surface area contributed by atoms with E-state index in [9.17, 15) is 4.79 Å². The molecule has 0 saturated carbocycles. The van der Waals surface area contributed by atoms with Crippen LogP contribution in [0.1, 0.15) is 20.8 Å². The zero-order chi connectivity index (χ0) is 16.8. The van der Waals surface area contributed by atoms with Crippen molar-refractivity contribution in [2.45, 2.75) is 26.4 Å². The van der Waals surface area contributed by atoms with Gasteiger partial charge in [0.25, 0.3) is 0 Å². The summed E-state index contributed by atoms with van der Waals surface area (Å²) in [6.45, 7) is 5.40. The molecular weight excluding hydrogens is 280 g/mol. The van der Waals surface area contributed by atoms with Crippen LogP contribution in [-0.2, 0) is 4.74 Å². The Morgan fingerprint density at radius 1 is 1.32 bits per heavy atom. The quantitative estimate of drug-likeness (QED) is 0.864. The van der Waals surface area contributed by atoms with Crippen molar-refractivity contribution in [1.29, 1.82) is 10.5 Å². The van der Waals surface area contributed by atoms with Crippen molar-refractivity contribution in [1.82, 2.24) is 0 Å². The van der Waals surface area contributed by atoms with Crippen molar-refractivity contribution in [2.75, 3.05) is 17.3 Å². The summed E-state index contributed by atoms with van der Waals surface area (Å²) in [7, 11) is 1.61. The standard InChI is InChI=1S/C16H18N4O2/c1-16(2,3)22-15(21)20(4)14-7-5-6-13(8-14)19-11-12(9-17)10-18/h5-8,11,19H,1-4H3. The number of allylic oxidation sites excluding steroid dienone is 1. The molecule has 1 rings (SSSR count). The lowest BCUT2D eigenvalue weighted by Crippen LogP contribution is -2.34. The van der Waals surface area contributed by atoms with Crippen LogP contribution in [0.2, 0.25) is 0 Å². The first-order valence-electron chi connectivity index (χ1n) is 6.60. The Kier molecular flexibility index (Phi) is 5.54. The fraction of sp³-hybridized carbons (Fsp3) is 0.312. The minimum atomic E-state index is -0.571. The lowest BCUT2D eigenvalue weighted by molar-refractivity contribution is 0.0589. The summed E-state index contributed by atoms with van der Waals surface area (Å²) in [5.41, 5.74) is 0.670. The molecule has 0 bridgehead atoms. The highest BCUT2D eigenvalue weighted by Crippen LogP contribution is 2.20. The number of nitrogens with zero attached hydrogens (tertiary/aromatic N) is 3. The smallest absolute Gasteiger partial charge is 0.414 e. The summed E-state index contributed by atoms with van der Waals surface area (Å²) in [5.74, 6) is 0. The van der Waals surface area contributed by atoms with Gasteiger partial charge in [-0.25, -0.2) is 4.79 Å². The van der Waals surface area contributed by atoms with Crippen LogP contribution in [0.5, 0.6) is 0 Å². The summed E-state index contributed by atoms with van der Waals surface area (Å²) >= 11 is 0. The summed E-state index contributed by atoms with van der Waals surface area (Å²) in [6.07, 6.45) is 0.849. The molecule has 0 saturated heterocycles. The summed E-state index contributed by atoms with van der Waals surface area (Å²) < 4.78 is 5.30. The van der Waals surface area contributed by atoms with Crippen molar-refractivity contribution >= 4 is 17.5 Å². The predicted octanol–water partition coefficient (Wildman–Crippen LogP) is 3.40. The number of anilines is 2. The summed E-state index contributed by atoms with van der Waals surface area (Å²) in [5, 5.41) is 20.2. The number of hydrogen-bond donors (Lipinski definition) is 1. The van der Waals surface area contributed by atoms with Crippen LogP contribution in [0.4, 0.5) is 16.2 Å². The number of carbonyl (C=O) groups excluding carboxylic acids is 1. The molecule has 22 heavy (non-hydrogen) atoms. The molecule has 6 heteroatoms. The second kappa shape index (κ2) is 7.14. The first-order chi connectivity index (χ1) is 10.3. The van der Waals surface area contributed by atoms with Gasteiger partial charge in [0.1, 0.15) is 23.3 Å². The van der Waals surface area contributed by atoms with Gasteiger partial charge in [-0.05, 0) is 39.0 Å². The Morgan fingerprint density at radius 2 is 1.95 bits per heavy atom. The van der Waals surface area contributed by atoms with E-state index in [0.717, 1.165) is 0 Å². The second-order valence-electron chi connectivity index (χ2n) is 5.52. The fourth-order valence-corrected chi connectivity index (χ4v) is 1.49. The van der Waals surface area contributed by atoms with Crippen molar-refractivity contribution in [3.63, 3.8) is 0 Å². The molecule has 6 nitrogen and oxygen atoms in total. The van der Waals surface area contributed by atoms with Crippen molar-refractivity contribution in [2.24, 2.45) is 0 Å². The Bertz CT molecular complexity index is 644. The van der Waals surface area contributed by atoms with Crippen LogP contribution >= 0.6 is 0 Å². The maximum atomic E-state index is 12.0. The highest BCUT2D eigenvalue weighted by Gasteiger charge is 2.20. The highest BCUT2D eigenvalue weighted by molar-refractivity contribution is 5.88. The normalized spacial score (nSPS) is 9.91. The van der Waals surface area contributed by atoms with Gasteiger partial charge in [0, 0.05) is 24.6 Å². The minimum absolute atomic E-state index is 0.0362. The first kappa shape index (κ1) is 17.1. The fourth-order valence-electron chi connectivity index (χ4n) is 1.49. The zero-order valence-corrected chi connectivity index (χ0v) is 13.0. The molecule has 0 unspecified atom stereocenters. The average Bonchev–Trinajstić information content (AvgIpc) is 2.46. The van der Waals surface area contributed by atoms with E-state index in [1.54, 1.807) is 64.2 Å². The van der Waals surface area contributed by atoms with Gasteiger partial charge in [-0.3, -0.25) is 4.90 Å². The van der Waals surface area contributed by atoms with Crippen molar-refractivity contribution in [3.8, 4) is 12.1 Å². The zero-order valence-electron chi connectivity index (χ0n) is 13.0. The molecule has 0 aliphatic rings. The number of rotatable bonds is 3. The van der Waals surface area contributed by atoms with E-state index in [1.807, 2.05) is 0 Å². The predicted molar refractivity (Wildman–Crippen MR) is 84.0 cm³/mol. The molecule has 0 heterocycles. The van der Waals surface area contributed by atoms with Gasteiger partial charge >= 0.3 is 6.09 Å². The average molecular weight is 298 g/mol. The molecule has 0 radical (unpaired) electrons. The molecule has 0 aliphatic carbocycles. The molecule has 1 aromatic carbocycles. The summed E-state index contributed by atoms with van der Waals surface area (Å²) in [6, 6.07) is 10.5. The van der Waals surface area contributed by atoms with Crippen molar-refractivity contribution in [3.05, 3.63) is 36.0 Å².